The quantitative estimate of drug-likeness (QED) is 0.574. The van der Waals surface area contributed by atoms with Crippen LogP contribution in [0.3, 0.4) is 0 Å². The number of carbonyl (C=O) groups is 3. The number of alkyl halides is 2. The SMILES string of the molecule is COC(=O)c1ccccc1NC(=O)[C@H](Br)[C@H](Br)C(=O)O. The molecule has 0 fully saturated rings. The zero-order chi connectivity index (χ0) is 15.3. The molecule has 20 heavy (non-hydrogen) atoms. The molecule has 0 aliphatic carbocycles. The van der Waals surface area contributed by atoms with Gasteiger partial charge in [0.1, 0.15) is 9.65 Å². The van der Waals surface area contributed by atoms with E-state index in [1.807, 2.05) is 0 Å². The number of carboxylic acids is 1. The Balaban J connectivity index is 2.91. The highest BCUT2D eigenvalue weighted by atomic mass is 79.9. The highest BCUT2D eigenvalue weighted by molar-refractivity contribution is 9.12. The molecule has 2 atom stereocenters. The molecule has 8 heteroatoms. The van der Waals surface area contributed by atoms with Gasteiger partial charge >= 0.3 is 11.9 Å². The summed E-state index contributed by atoms with van der Waals surface area (Å²) >= 11 is 5.87. The number of anilines is 1. The molecule has 1 rings (SSSR count). The number of methoxy groups -OCH3 is 1. The summed E-state index contributed by atoms with van der Waals surface area (Å²) < 4.78 is 4.60. The van der Waals surface area contributed by atoms with Crippen LogP contribution in [0.25, 0.3) is 0 Å². The van der Waals surface area contributed by atoms with Gasteiger partial charge in [-0.1, -0.05) is 44.0 Å². The second-order valence-electron chi connectivity index (χ2n) is 3.67. The number of carbonyl (C=O) groups excluding carboxylic acids is 2. The van der Waals surface area contributed by atoms with Crippen LogP contribution < -0.4 is 5.32 Å². The largest absolute Gasteiger partial charge is 0.480 e. The third-order valence-electron chi connectivity index (χ3n) is 2.33. The van der Waals surface area contributed by atoms with E-state index in [2.05, 4.69) is 41.9 Å². The molecule has 0 bridgehead atoms. The molecule has 1 aromatic carbocycles. The molecule has 2 N–H and O–H groups in total. The second kappa shape index (κ2) is 7.39. The normalized spacial score (nSPS) is 13.2. The van der Waals surface area contributed by atoms with Crippen molar-refractivity contribution >= 4 is 55.4 Å². The van der Waals surface area contributed by atoms with Crippen LogP contribution in [-0.4, -0.2) is 39.7 Å². The third kappa shape index (κ3) is 4.04. The molecule has 1 amide bonds. The first-order valence-electron chi connectivity index (χ1n) is 5.37. The third-order valence-corrected chi connectivity index (χ3v) is 4.91. The van der Waals surface area contributed by atoms with Gasteiger partial charge in [0.25, 0.3) is 0 Å². The van der Waals surface area contributed by atoms with Gasteiger partial charge in [0.15, 0.2) is 0 Å². The summed E-state index contributed by atoms with van der Waals surface area (Å²) in [6.07, 6.45) is 0. The average molecular weight is 409 g/mol. The summed E-state index contributed by atoms with van der Waals surface area (Å²) in [6.45, 7) is 0. The first-order valence-corrected chi connectivity index (χ1v) is 7.20. The van der Waals surface area contributed by atoms with Crippen LogP contribution in [0.1, 0.15) is 10.4 Å². The number of hydrogen-bond acceptors (Lipinski definition) is 4. The number of benzene rings is 1. The molecule has 0 aromatic heterocycles. The van der Waals surface area contributed by atoms with E-state index in [9.17, 15) is 14.4 Å². The number of carboxylic acid groups (broad SMARTS) is 1. The Morgan fingerprint density at radius 3 is 2.35 bits per heavy atom. The summed E-state index contributed by atoms with van der Waals surface area (Å²) in [7, 11) is 1.23. The predicted molar refractivity (Wildman–Crippen MR) is 79.5 cm³/mol. The molecular weight excluding hydrogens is 398 g/mol. The minimum absolute atomic E-state index is 0.185. The van der Waals surface area contributed by atoms with Gasteiger partial charge in [0.2, 0.25) is 5.91 Å². The van der Waals surface area contributed by atoms with Gasteiger partial charge in [-0.15, -0.1) is 0 Å². The number of hydrogen-bond donors (Lipinski definition) is 2. The van der Waals surface area contributed by atoms with Crippen molar-refractivity contribution < 1.29 is 24.2 Å². The summed E-state index contributed by atoms with van der Waals surface area (Å²) in [4.78, 5) is 32.2. The smallest absolute Gasteiger partial charge is 0.339 e. The maximum absolute atomic E-state index is 11.9. The first kappa shape index (κ1) is 16.6. The lowest BCUT2D eigenvalue weighted by molar-refractivity contribution is -0.137. The fraction of sp³-hybridized carbons (Fsp3) is 0.250. The molecule has 0 heterocycles. The molecule has 1 aromatic rings. The van der Waals surface area contributed by atoms with E-state index >= 15 is 0 Å². The minimum Gasteiger partial charge on any atom is -0.480 e. The standard InChI is InChI=1S/C12H11Br2NO5/c1-20-12(19)6-4-2-3-5-7(6)15-10(16)8(13)9(14)11(17)18/h2-5,8-9H,1H3,(H,15,16)(H,17,18)/t8-,9+/m1/s1. The van der Waals surface area contributed by atoms with E-state index in [-0.39, 0.29) is 11.3 Å². The van der Waals surface area contributed by atoms with Crippen LogP contribution in [0, 0.1) is 0 Å². The highest BCUT2D eigenvalue weighted by Crippen LogP contribution is 2.20. The van der Waals surface area contributed by atoms with Crippen molar-refractivity contribution in [2.24, 2.45) is 0 Å². The lowest BCUT2D eigenvalue weighted by Crippen LogP contribution is -2.35. The molecular formula is C12H11Br2NO5. The van der Waals surface area contributed by atoms with E-state index in [0.29, 0.717) is 0 Å². The molecule has 0 radical (unpaired) electrons. The zero-order valence-electron chi connectivity index (χ0n) is 10.3. The van der Waals surface area contributed by atoms with Crippen LogP contribution in [0.4, 0.5) is 5.69 Å². The van der Waals surface area contributed by atoms with Gasteiger partial charge in [-0.05, 0) is 12.1 Å². The Kier molecular flexibility index (Phi) is 6.15. The maximum Gasteiger partial charge on any atom is 0.339 e. The molecule has 0 spiro atoms. The van der Waals surface area contributed by atoms with Crippen LogP contribution in [0.2, 0.25) is 0 Å². The number of aliphatic carboxylic acids is 1. The van der Waals surface area contributed by atoms with Crippen molar-refractivity contribution in [3.8, 4) is 0 Å². The Bertz CT molecular complexity index is 534. The predicted octanol–water partition coefficient (Wildman–Crippen LogP) is 2.02. The van der Waals surface area contributed by atoms with E-state index < -0.39 is 27.5 Å². The lowest BCUT2D eigenvalue weighted by atomic mass is 10.1. The van der Waals surface area contributed by atoms with E-state index in [4.69, 9.17) is 5.11 Å². The van der Waals surface area contributed by atoms with Gasteiger partial charge in [0.05, 0.1) is 18.4 Å². The number of nitrogens with one attached hydrogen (secondary N) is 1. The number of amides is 1. The second-order valence-corrected chi connectivity index (χ2v) is 5.64. The highest BCUT2D eigenvalue weighted by Gasteiger charge is 2.29. The summed E-state index contributed by atoms with van der Waals surface area (Å²) in [6, 6.07) is 6.27. The Hall–Kier alpha value is -1.41. The average Bonchev–Trinajstić information content (AvgIpc) is 2.45. The van der Waals surface area contributed by atoms with Crippen molar-refractivity contribution in [3.05, 3.63) is 29.8 Å². The van der Waals surface area contributed by atoms with E-state index in [0.717, 1.165) is 0 Å². The molecule has 0 aliphatic rings. The Morgan fingerprint density at radius 1 is 1.20 bits per heavy atom. The van der Waals surface area contributed by atoms with Crippen molar-refractivity contribution in [2.45, 2.75) is 9.65 Å². The molecule has 0 saturated carbocycles. The van der Waals surface area contributed by atoms with Crippen LogP contribution >= 0.6 is 31.9 Å². The molecule has 0 aliphatic heterocycles. The fourth-order valence-corrected chi connectivity index (χ4v) is 1.92. The van der Waals surface area contributed by atoms with Gasteiger partial charge in [-0.25, -0.2) is 4.79 Å². The summed E-state index contributed by atoms with van der Waals surface area (Å²) in [5.74, 6) is -2.37. The Morgan fingerprint density at radius 2 is 1.80 bits per heavy atom. The van der Waals surface area contributed by atoms with Gasteiger partial charge in [0, 0.05) is 0 Å². The van der Waals surface area contributed by atoms with Crippen molar-refractivity contribution in [3.63, 3.8) is 0 Å². The number of halogens is 2. The number of para-hydroxylation sites is 1. The zero-order valence-corrected chi connectivity index (χ0v) is 13.5. The van der Waals surface area contributed by atoms with Crippen LogP contribution in [0.15, 0.2) is 24.3 Å². The van der Waals surface area contributed by atoms with Crippen molar-refractivity contribution in [1.29, 1.82) is 0 Å². The van der Waals surface area contributed by atoms with Crippen LogP contribution in [0.5, 0.6) is 0 Å². The van der Waals surface area contributed by atoms with Crippen LogP contribution in [-0.2, 0) is 14.3 Å². The molecule has 0 saturated heterocycles. The number of ether oxygens (including phenoxy) is 1. The van der Waals surface area contributed by atoms with Gasteiger partial charge in [-0.3, -0.25) is 9.59 Å². The maximum atomic E-state index is 11.9. The van der Waals surface area contributed by atoms with E-state index in [1.54, 1.807) is 12.1 Å². The molecule has 6 nitrogen and oxygen atoms in total. The fourth-order valence-electron chi connectivity index (χ4n) is 1.34. The van der Waals surface area contributed by atoms with Crippen molar-refractivity contribution in [2.75, 3.05) is 12.4 Å². The number of esters is 1. The Labute approximate surface area is 131 Å². The first-order chi connectivity index (χ1) is 9.38. The lowest BCUT2D eigenvalue weighted by Gasteiger charge is -2.14. The summed E-state index contributed by atoms with van der Waals surface area (Å²) in [5, 5.41) is 11.3. The molecule has 0 unspecified atom stereocenters. The minimum atomic E-state index is -1.18. The van der Waals surface area contributed by atoms with Crippen molar-refractivity contribution in [1.82, 2.24) is 0 Å². The summed E-state index contributed by atoms with van der Waals surface area (Å²) in [5.41, 5.74) is 0.434. The monoisotopic (exact) mass is 407 g/mol. The number of rotatable bonds is 5. The van der Waals surface area contributed by atoms with Gasteiger partial charge in [-0.2, -0.15) is 0 Å². The molecule has 108 valence electrons. The van der Waals surface area contributed by atoms with Gasteiger partial charge < -0.3 is 15.2 Å². The van der Waals surface area contributed by atoms with E-state index in [1.165, 1.54) is 19.2 Å². The topological polar surface area (TPSA) is 92.7 Å².